The Hall–Kier alpha value is -1.40. The molecule has 0 aromatic carbocycles. The second kappa shape index (κ2) is 8.38. The van der Waals surface area contributed by atoms with Gasteiger partial charge in [-0.1, -0.05) is 20.3 Å². The SMILES string of the molecule is CCCC(F)(OP(=O)(O)[C@@](C)(O)CC)[C@H]1O[C@@H](c2c[nH]c(=O)[nH]c2=O)[C@H](O)[C@@H]1O. The number of H-pyrrole nitrogens is 2. The highest BCUT2D eigenvalue weighted by Gasteiger charge is 2.59. The van der Waals surface area contributed by atoms with Crippen LogP contribution in [0, 0.1) is 0 Å². The van der Waals surface area contributed by atoms with E-state index < -0.39 is 60.9 Å². The van der Waals surface area contributed by atoms with Crippen LogP contribution in [0.5, 0.6) is 0 Å². The third kappa shape index (κ3) is 4.53. The van der Waals surface area contributed by atoms with Gasteiger partial charge in [0, 0.05) is 12.6 Å². The number of aromatic nitrogens is 2. The smallest absolute Gasteiger partial charge is 0.361 e. The summed E-state index contributed by atoms with van der Waals surface area (Å²) >= 11 is 0. The lowest BCUT2D eigenvalue weighted by molar-refractivity contribution is -0.196. The quantitative estimate of drug-likeness (QED) is 0.303. The first kappa shape index (κ1) is 23.9. The van der Waals surface area contributed by atoms with Gasteiger partial charge < -0.3 is 29.9 Å². The van der Waals surface area contributed by atoms with Gasteiger partial charge in [-0.05, 0) is 13.3 Å². The molecule has 2 heterocycles. The van der Waals surface area contributed by atoms with Gasteiger partial charge in [-0.2, -0.15) is 0 Å². The van der Waals surface area contributed by atoms with E-state index in [1.807, 2.05) is 4.98 Å². The highest BCUT2D eigenvalue weighted by molar-refractivity contribution is 7.54. The molecule has 0 aliphatic carbocycles. The Morgan fingerprint density at radius 2 is 1.93 bits per heavy atom. The Morgan fingerprint density at radius 1 is 1.31 bits per heavy atom. The van der Waals surface area contributed by atoms with Crippen LogP contribution in [-0.2, 0) is 13.8 Å². The van der Waals surface area contributed by atoms with Crippen molar-refractivity contribution >= 4 is 7.60 Å². The highest BCUT2D eigenvalue weighted by atomic mass is 31.2. The van der Waals surface area contributed by atoms with Crippen molar-refractivity contribution in [2.24, 2.45) is 0 Å². The summed E-state index contributed by atoms with van der Waals surface area (Å²) in [5, 5.41) is 28.5. The van der Waals surface area contributed by atoms with Crippen molar-refractivity contribution < 1.29 is 38.4 Å². The molecular formula is C16H26FN2O9P. The third-order valence-electron chi connectivity index (χ3n) is 4.99. The molecule has 0 saturated carbocycles. The topological polar surface area (TPSA) is 182 Å². The van der Waals surface area contributed by atoms with E-state index in [4.69, 9.17) is 9.26 Å². The minimum absolute atomic E-state index is 0.0946. The van der Waals surface area contributed by atoms with Crippen LogP contribution < -0.4 is 11.2 Å². The van der Waals surface area contributed by atoms with Crippen LogP contribution in [0.3, 0.4) is 0 Å². The Labute approximate surface area is 165 Å². The van der Waals surface area contributed by atoms with E-state index >= 15 is 4.39 Å². The summed E-state index contributed by atoms with van der Waals surface area (Å²) in [6.07, 6.45) is -6.93. The van der Waals surface area contributed by atoms with Crippen molar-refractivity contribution in [1.29, 1.82) is 0 Å². The van der Waals surface area contributed by atoms with E-state index in [0.717, 1.165) is 13.1 Å². The van der Waals surface area contributed by atoms with Gasteiger partial charge in [0.2, 0.25) is 5.85 Å². The predicted octanol–water partition coefficient (Wildman–Crippen LogP) is 0.0113. The molecule has 0 amide bonds. The van der Waals surface area contributed by atoms with Gasteiger partial charge in [0.15, 0.2) is 5.34 Å². The fraction of sp³-hybridized carbons (Fsp3) is 0.750. The molecule has 0 bridgehead atoms. The zero-order chi connectivity index (χ0) is 22.2. The zero-order valence-corrected chi connectivity index (χ0v) is 17.1. The van der Waals surface area contributed by atoms with E-state index in [0.29, 0.717) is 0 Å². The molecule has 0 spiro atoms. The molecule has 1 aromatic rings. The summed E-state index contributed by atoms with van der Waals surface area (Å²) in [6.45, 7) is 3.94. The minimum Gasteiger partial charge on any atom is -0.387 e. The lowest BCUT2D eigenvalue weighted by Crippen LogP contribution is -2.48. The van der Waals surface area contributed by atoms with Crippen molar-refractivity contribution in [1.82, 2.24) is 9.97 Å². The first-order valence-electron chi connectivity index (χ1n) is 9.08. The summed E-state index contributed by atoms with van der Waals surface area (Å²) in [6, 6.07) is 0. The second-order valence-electron chi connectivity index (χ2n) is 7.20. The standard InChI is InChI=1S/C16H26FN2O9P/c1-4-6-16(17,28-29(25,26)15(3,24)5-2)12-10(21)9(20)11(27-12)8-7-18-14(23)19-13(8)22/h7,9-12,20-21,24H,4-6H2,1-3H3,(H,25,26)(H2,18,19,22,23)/t9-,10+,11+,12+,15-,16?/m1/s1. The summed E-state index contributed by atoms with van der Waals surface area (Å²) in [5.74, 6) is -3.07. The number of rotatable bonds is 8. The lowest BCUT2D eigenvalue weighted by atomic mass is 9.98. The zero-order valence-electron chi connectivity index (χ0n) is 16.2. The van der Waals surface area contributed by atoms with Crippen LogP contribution in [0.2, 0.25) is 0 Å². The van der Waals surface area contributed by atoms with Gasteiger partial charge >= 0.3 is 13.3 Å². The lowest BCUT2D eigenvalue weighted by Gasteiger charge is -2.37. The summed E-state index contributed by atoms with van der Waals surface area (Å²) in [4.78, 5) is 37.3. The fourth-order valence-corrected chi connectivity index (χ4v) is 4.21. The molecule has 2 rings (SSSR count). The number of halogens is 1. The molecule has 2 unspecified atom stereocenters. The van der Waals surface area contributed by atoms with E-state index in [1.54, 1.807) is 6.92 Å². The second-order valence-corrected chi connectivity index (χ2v) is 9.39. The number of aliphatic hydroxyl groups is 3. The summed E-state index contributed by atoms with van der Waals surface area (Å²) < 4.78 is 38.4. The van der Waals surface area contributed by atoms with Crippen molar-refractivity contribution in [2.75, 3.05) is 0 Å². The van der Waals surface area contributed by atoms with Gasteiger partial charge in [0.25, 0.3) is 5.56 Å². The maximum Gasteiger partial charge on any atom is 0.361 e. The van der Waals surface area contributed by atoms with Crippen molar-refractivity contribution in [2.45, 2.75) is 75.6 Å². The average molecular weight is 440 g/mol. The van der Waals surface area contributed by atoms with Crippen LogP contribution in [-0.4, -0.2) is 59.7 Å². The number of aliphatic hydroxyl groups excluding tert-OH is 2. The number of nitrogens with one attached hydrogen (secondary N) is 2. The van der Waals surface area contributed by atoms with Gasteiger partial charge in [-0.25, -0.2) is 9.18 Å². The maximum atomic E-state index is 15.7. The molecule has 0 radical (unpaired) electrons. The highest BCUT2D eigenvalue weighted by Crippen LogP contribution is 2.60. The number of hydrogen-bond donors (Lipinski definition) is 6. The van der Waals surface area contributed by atoms with Crippen LogP contribution >= 0.6 is 7.60 Å². The number of ether oxygens (including phenoxy) is 1. The minimum atomic E-state index is -4.96. The molecule has 6 N–H and O–H groups in total. The molecule has 166 valence electrons. The largest absolute Gasteiger partial charge is 0.387 e. The number of alkyl halides is 1. The molecule has 1 saturated heterocycles. The maximum absolute atomic E-state index is 15.7. The van der Waals surface area contributed by atoms with E-state index in [9.17, 15) is 34.4 Å². The Balaban J connectivity index is 2.41. The van der Waals surface area contributed by atoms with Crippen molar-refractivity contribution in [3.63, 3.8) is 0 Å². The van der Waals surface area contributed by atoms with Crippen LogP contribution in [0.25, 0.3) is 0 Å². The molecule has 7 atom stereocenters. The average Bonchev–Trinajstić information content (AvgIpc) is 2.90. The third-order valence-corrected chi connectivity index (χ3v) is 7.07. The molecule has 11 nitrogen and oxygen atoms in total. The Kier molecular flexibility index (Phi) is 6.90. The molecular weight excluding hydrogens is 414 g/mol. The number of hydrogen-bond acceptors (Lipinski definition) is 8. The van der Waals surface area contributed by atoms with Crippen molar-refractivity contribution in [3.8, 4) is 0 Å². The summed E-state index contributed by atoms with van der Waals surface area (Å²) in [7, 11) is -4.96. The predicted molar refractivity (Wildman–Crippen MR) is 97.9 cm³/mol. The summed E-state index contributed by atoms with van der Waals surface area (Å²) in [5.41, 5.74) is -2.03. The molecule has 13 heteroatoms. The normalized spacial score (nSPS) is 31.0. The Bertz CT molecular complexity index is 888. The first-order chi connectivity index (χ1) is 13.3. The molecule has 1 aromatic heterocycles. The first-order valence-corrected chi connectivity index (χ1v) is 10.7. The van der Waals surface area contributed by atoms with E-state index in [2.05, 4.69) is 4.98 Å². The van der Waals surface area contributed by atoms with Gasteiger partial charge in [0.1, 0.15) is 24.4 Å². The van der Waals surface area contributed by atoms with Crippen molar-refractivity contribution in [3.05, 3.63) is 32.6 Å². The monoisotopic (exact) mass is 440 g/mol. The van der Waals surface area contributed by atoms with E-state index in [1.165, 1.54) is 6.92 Å². The van der Waals surface area contributed by atoms with Gasteiger partial charge in [-0.3, -0.25) is 18.9 Å². The van der Waals surface area contributed by atoms with Gasteiger partial charge in [0.05, 0.1) is 5.56 Å². The fourth-order valence-electron chi connectivity index (χ4n) is 3.01. The molecule has 1 aliphatic heterocycles. The van der Waals surface area contributed by atoms with Crippen LogP contribution in [0.1, 0.15) is 51.7 Å². The Morgan fingerprint density at radius 3 is 2.45 bits per heavy atom. The van der Waals surface area contributed by atoms with Crippen LogP contribution in [0.4, 0.5) is 4.39 Å². The molecule has 1 aliphatic rings. The van der Waals surface area contributed by atoms with Crippen LogP contribution in [0.15, 0.2) is 15.8 Å². The number of aromatic amines is 2. The molecule has 29 heavy (non-hydrogen) atoms. The van der Waals surface area contributed by atoms with E-state index in [-0.39, 0.29) is 18.4 Å². The molecule has 1 fully saturated rings. The van der Waals surface area contributed by atoms with Gasteiger partial charge in [-0.15, -0.1) is 0 Å².